The predicted octanol–water partition coefficient (Wildman–Crippen LogP) is 1.77. The minimum absolute atomic E-state index is 0.0969. The van der Waals surface area contributed by atoms with Gasteiger partial charge in [0.1, 0.15) is 10.6 Å². The van der Waals surface area contributed by atoms with Crippen LogP contribution in [0.1, 0.15) is 17.3 Å². The van der Waals surface area contributed by atoms with Gasteiger partial charge in [0.15, 0.2) is 0 Å². The average Bonchev–Trinajstić information content (AvgIpc) is 2.45. The third-order valence-corrected chi connectivity index (χ3v) is 5.90. The van der Waals surface area contributed by atoms with Gasteiger partial charge in [0.25, 0.3) is 0 Å². The fraction of sp³-hybridized carbons (Fsp3) is 0.462. The summed E-state index contributed by atoms with van der Waals surface area (Å²) in [6.07, 6.45) is 1.89. The van der Waals surface area contributed by atoms with Crippen molar-refractivity contribution in [2.24, 2.45) is 0 Å². The molecule has 8 heteroatoms. The summed E-state index contributed by atoms with van der Waals surface area (Å²) in [5, 5.41) is 9.02. The molecule has 1 aromatic rings. The fourth-order valence-corrected chi connectivity index (χ4v) is 4.09. The number of benzene rings is 1. The number of rotatable bonds is 7. The Hall–Kier alpha value is -1.25. The highest BCUT2D eigenvalue weighted by atomic mass is 32.2. The molecule has 21 heavy (non-hydrogen) atoms. The van der Waals surface area contributed by atoms with Crippen LogP contribution in [-0.2, 0) is 10.0 Å². The van der Waals surface area contributed by atoms with Gasteiger partial charge in [0, 0.05) is 18.8 Å². The Bertz CT molecular complexity index is 615. The minimum Gasteiger partial charge on any atom is -0.495 e. The first-order valence-electron chi connectivity index (χ1n) is 6.14. The van der Waals surface area contributed by atoms with Crippen LogP contribution in [0.25, 0.3) is 0 Å². The number of carboxylic acids is 1. The van der Waals surface area contributed by atoms with E-state index >= 15 is 0 Å². The molecule has 118 valence electrons. The van der Waals surface area contributed by atoms with Gasteiger partial charge in [-0.25, -0.2) is 13.2 Å². The molecule has 0 heterocycles. The van der Waals surface area contributed by atoms with Gasteiger partial charge in [0.2, 0.25) is 10.0 Å². The summed E-state index contributed by atoms with van der Waals surface area (Å²) in [6, 6.07) is 3.57. The van der Waals surface area contributed by atoms with E-state index < -0.39 is 16.0 Å². The molecular weight excluding hydrogens is 314 g/mol. The number of thioether (sulfide) groups is 1. The van der Waals surface area contributed by atoms with Crippen LogP contribution in [0.4, 0.5) is 0 Å². The van der Waals surface area contributed by atoms with E-state index in [1.54, 1.807) is 6.92 Å². The van der Waals surface area contributed by atoms with Gasteiger partial charge in [-0.3, -0.25) is 0 Å². The van der Waals surface area contributed by atoms with Crippen molar-refractivity contribution in [1.82, 2.24) is 4.31 Å². The maximum atomic E-state index is 12.6. The summed E-state index contributed by atoms with van der Waals surface area (Å²) in [5.41, 5.74) is -0.0969. The van der Waals surface area contributed by atoms with Crippen molar-refractivity contribution in [3.05, 3.63) is 23.8 Å². The Morgan fingerprint density at radius 3 is 2.57 bits per heavy atom. The van der Waals surface area contributed by atoms with Crippen molar-refractivity contribution in [1.29, 1.82) is 0 Å². The highest BCUT2D eigenvalue weighted by molar-refractivity contribution is 7.98. The number of hydrogen-bond donors (Lipinski definition) is 1. The van der Waals surface area contributed by atoms with Crippen molar-refractivity contribution in [2.75, 3.05) is 26.2 Å². The molecule has 0 saturated carbocycles. The molecular formula is C13H19NO5S2. The normalized spacial score (nSPS) is 13.2. The molecule has 0 aliphatic rings. The molecule has 0 aliphatic carbocycles. The van der Waals surface area contributed by atoms with Crippen molar-refractivity contribution in [3.8, 4) is 5.75 Å². The molecule has 1 rings (SSSR count). The van der Waals surface area contributed by atoms with E-state index in [1.807, 2.05) is 6.26 Å². The van der Waals surface area contributed by atoms with E-state index in [0.29, 0.717) is 5.75 Å². The van der Waals surface area contributed by atoms with E-state index in [0.717, 1.165) is 6.07 Å². The second-order valence-electron chi connectivity index (χ2n) is 4.50. The van der Waals surface area contributed by atoms with Crippen molar-refractivity contribution in [2.45, 2.75) is 17.9 Å². The molecule has 0 bridgehead atoms. The number of aromatic carboxylic acids is 1. The summed E-state index contributed by atoms with van der Waals surface area (Å²) < 4.78 is 31.6. The van der Waals surface area contributed by atoms with Gasteiger partial charge >= 0.3 is 5.97 Å². The van der Waals surface area contributed by atoms with Gasteiger partial charge in [0.05, 0.1) is 12.7 Å². The van der Waals surface area contributed by atoms with E-state index in [9.17, 15) is 13.2 Å². The van der Waals surface area contributed by atoms with E-state index in [4.69, 9.17) is 9.84 Å². The Morgan fingerprint density at radius 2 is 2.10 bits per heavy atom. The minimum atomic E-state index is -3.83. The Labute approximate surface area is 129 Å². The quantitative estimate of drug-likeness (QED) is 0.818. The third-order valence-electron chi connectivity index (χ3n) is 3.10. The summed E-state index contributed by atoms with van der Waals surface area (Å²) in [7, 11) is -1.00. The maximum absolute atomic E-state index is 12.6. The predicted molar refractivity (Wildman–Crippen MR) is 82.7 cm³/mol. The zero-order valence-corrected chi connectivity index (χ0v) is 14.0. The van der Waals surface area contributed by atoms with E-state index in [-0.39, 0.29) is 22.3 Å². The second kappa shape index (κ2) is 7.15. The summed E-state index contributed by atoms with van der Waals surface area (Å²) in [4.78, 5) is 10.9. The highest BCUT2D eigenvalue weighted by Gasteiger charge is 2.29. The molecule has 0 fully saturated rings. The van der Waals surface area contributed by atoms with Gasteiger partial charge in [-0.15, -0.1) is 0 Å². The Balaban J connectivity index is 3.35. The molecule has 0 amide bonds. The number of methoxy groups -OCH3 is 1. The second-order valence-corrected chi connectivity index (χ2v) is 7.37. The number of nitrogens with zero attached hydrogens (tertiary/aromatic N) is 1. The lowest BCUT2D eigenvalue weighted by Gasteiger charge is -2.24. The van der Waals surface area contributed by atoms with Gasteiger partial charge in [-0.1, -0.05) is 0 Å². The van der Waals surface area contributed by atoms with Crippen molar-refractivity contribution in [3.63, 3.8) is 0 Å². The molecule has 0 aromatic heterocycles. The summed E-state index contributed by atoms with van der Waals surface area (Å²) in [6.45, 7) is 1.79. The van der Waals surface area contributed by atoms with Gasteiger partial charge in [-0.2, -0.15) is 16.1 Å². The number of carbonyl (C=O) groups is 1. The van der Waals surface area contributed by atoms with Crippen LogP contribution in [0.2, 0.25) is 0 Å². The van der Waals surface area contributed by atoms with Crippen LogP contribution in [0.3, 0.4) is 0 Å². The van der Waals surface area contributed by atoms with Gasteiger partial charge < -0.3 is 9.84 Å². The SMILES string of the molecule is COc1ccc(C(=O)O)cc1S(=O)(=O)N(C)C(C)CSC. The van der Waals surface area contributed by atoms with Crippen LogP contribution in [0.5, 0.6) is 5.75 Å². The van der Waals surface area contributed by atoms with Crippen molar-refractivity contribution < 1.29 is 23.1 Å². The molecule has 1 aromatic carbocycles. The molecule has 0 aliphatic heterocycles. The first-order chi connectivity index (χ1) is 9.75. The largest absolute Gasteiger partial charge is 0.495 e. The standard InChI is InChI=1S/C13H19NO5S2/c1-9(8-20-4)14(2)21(17,18)12-7-10(13(15)16)5-6-11(12)19-3/h5-7,9H,8H2,1-4H3,(H,15,16). The molecule has 0 radical (unpaired) electrons. The number of hydrogen-bond acceptors (Lipinski definition) is 5. The van der Waals surface area contributed by atoms with Crippen LogP contribution >= 0.6 is 11.8 Å². The summed E-state index contributed by atoms with van der Waals surface area (Å²) in [5.74, 6) is -0.423. The smallest absolute Gasteiger partial charge is 0.335 e. The fourth-order valence-electron chi connectivity index (χ4n) is 1.75. The monoisotopic (exact) mass is 333 g/mol. The first-order valence-corrected chi connectivity index (χ1v) is 8.97. The van der Waals surface area contributed by atoms with Crippen molar-refractivity contribution >= 4 is 27.8 Å². The first kappa shape index (κ1) is 17.8. The van der Waals surface area contributed by atoms with Gasteiger partial charge in [-0.05, 0) is 31.4 Å². The zero-order valence-electron chi connectivity index (χ0n) is 12.4. The molecule has 1 unspecified atom stereocenters. The number of carboxylic acid groups (broad SMARTS) is 1. The topological polar surface area (TPSA) is 83.9 Å². The average molecular weight is 333 g/mol. The van der Waals surface area contributed by atoms with Crippen LogP contribution in [0.15, 0.2) is 23.1 Å². The van der Waals surface area contributed by atoms with Crippen LogP contribution in [-0.4, -0.2) is 56.0 Å². The molecule has 0 saturated heterocycles. The molecule has 1 N–H and O–H groups in total. The number of ether oxygens (including phenoxy) is 1. The Kier molecular flexibility index (Phi) is 6.06. The van der Waals surface area contributed by atoms with Crippen LogP contribution < -0.4 is 4.74 Å². The third kappa shape index (κ3) is 3.90. The molecule has 0 spiro atoms. The lowest BCUT2D eigenvalue weighted by Crippen LogP contribution is -2.36. The van der Waals surface area contributed by atoms with E-state index in [2.05, 4.69) is 0 Å². The van der Waals surface area contributed by atoms with E-state index in [1.165, 1.54) is 42.4 Å². The lowest BCUT2D eigenvalue weighted by molar-refractivity contribution is 0.0696. The zero-order chi connectivity index (χ0) is 16.2. The lowest BCUT2D eigenvalue weighted by atomic mass is 10.2. The molecule has 1 atom stereocenters. The number of sulfonamides is 1. The molecule has 6 nitrogen and oxygen atoms in total. The highest BCUT2D eigenvalue weighted by Crippen LogP contribution is 2.28. The maximum Gasteiger partial charge on any atom is 0.335 e. The Morgan fingerprint density at radius 1 is 1.48 bits per heavy atom. The van der Waals surface area contributed by atoms with Crippen LogP contribution in [0, 0.1) is 0 Å². The summed E-state index contributed by atoms with van der Waals surface area (Å²) >= 11 is 1.54.